The van der Waals surface area contributed by atoms with Gasteiger partial charge in [-0.1, -0.05) is 64.5 Å². The number of hydrogen-bond donors (Lipinski definition) is 1. The summed E-state index contributed by atoms with van der Waals surface area (Å²) in [5.41, 5.74) is 4.46. The van der Waals surface area contributed by atoms with Crippen LogP contribution in [0, 0.1) is 6.92 Å². The van der Waals surface area contributed by atoms with Crippen molar-refractivity contribution < 1.29 is 9.53 Å². The standard InChI is InChI=1S/C24H18Br2N2O2/c1-15-10-18(25)12-22(26)24(15)30-14-23(29)28-27-13-21-19-8-4-2-6-16(19)11-17-7-3-5-9-20(17)21/h2-13H,14H2,1H3,(H,28,29). The number of carbonyl (C=O) groups is 1. The minimum Gasteiger partial charge on any atom is -0.482 e. The van der Waals surface area contributed by atoms with E-state index in [9.17, 15) is 4.79 Å². The number of nitrogens with one attached hydrogen (secondary N) is 1. The number of halogens is 2. The average Bonchev–Trinajstić information content (AvgIpc) is 2.72. The number of carbonyl (C=O) groups excluding carboxylic acids is 1. The maximum absolute atomic E-state index is 12.2. The highest BCUT2D eigenvalue weighted by atomic mass is 79.9. The van der Waals surface area contributed by atoms with E-state index in [-0.39, 0.29) is 12.5 Å². The molecule has 4 aromatic carbocycles. The first kappa shape index (κ1) is 20.6. The Balaban J connectivity index is 1.52. The molecule has 0 aromatic heterocycles. The third kappa shape index (κ3) is 4.40. The van der Waals surface area contributed by atoms with Crippen molar-refractivity contribution in [3.05, 3.63) is 86.8 Å². The molecule has 0 fully saturated rings. The number of ether oxygens (including phenoxy) is 1. The van der Waals surface area contributed by atoms with E-state index in [0.29, 0.717) is 5.75 Å². The van der Waals surface area contributed by atoms with E-state index in [1.807, 2.05) is 43.3 Å². The lowest BCUT2D eigenvalue weighted by Crippen LogP contribution is -2.24. The van der Waals surface area contributed by atoms with Gasteiger partial charge in [-0.25, -0.2) is 5.43 Å². The highest BCUT2D eigenvalue weighted by molar-refractivity contribution is 9.11. The van der Waals surface area contributed by atoms with Gasteiger partial charge in [0.1, 0.15) is 5.75 Å². The molecule has 0 heterocycles. The highest BCUT2D eigenvalue weighted by Crippen LogP contribution is 2.32. The molecule has 0 aliphatic carbocycles. The van der Waals surface area contributed by atoms with E-state index in [1.54, 1.807) is 6.21 Å². The summed E-state index contributed by atoms with van der Waals surface area (Å²) in [4.78, 5) is 12.2. The Hall–Kier alpha value is -2.70. The Kier molecular flexibility index (Phi) is 6.16. The molecule has 0 spiro atoms. The predicted molar refractivity (Wildman–Crippen MR) is 129 cm³/mol. The lowest BCUT2D eigenvalue weighted by molar-refractivity contribution is -0.123. The molecule has 4 rings (SSSR count). The summed E-state index contributed by atoms with van der Waals surface area (Å²) in [6, 6.07) is 22.3. The van der Waals surface area contributed by atoms with Crippen molar-refractivity contribution in [3.8, 4) is 5.75 Å². The summed E-state index contributed by atoms with van der Waals surface area (Å²) >= 11 is 6.89. The first-order chi connectivity index (χ1) is 14.5. The van der Waals surface area contributed by atoms with Crippen LogP contribution in [0.4, 0.5) is 0 Å². The predicted octanol–water partition coefficient (Wildman–Crippen LogP) is 6.36. The minimum atomic E-state index is -0.329. The summed E-state index contributed by atoms with van der Waals surface area (Å²) in [5, 5.41) is 8.61. The molecule has 30 heavy (non-hydrogen) atoms. The van der Waals surface area contributed by atoms with Crippen LogP contribution in [0.5, 0.6) is 5.75 Å². The fourth-order valence-electron chi connectivity index (χ4n) is 3.40. The van der Waals surface area contributed by atoms with Crippen LogP contribution < -0.4 is 10.2 Å². The van der Waals surface area contributed by atoms with Crippen molar-refractivity contribution in [1.82, 2.24) is 5.43 Å². The second-order valence-corrected chi connectivity index (χ2v) is 8.62. The molecule has 0 atom stereocenters. The molecule has 4 nitrogen and oxygen atoms in total. The molecule has 0 radical (unpaired) electrons. The average molecular weight is 526 g/mol. The van der Waals surface area contributed by atoms with Gasteiger partial charge in [0.25, 0.3) is 5.91 Å². The van der Waals surface area contributed by atoms with Crippen LogP contribution in [-0.4, -0.2) is 18.7 Å². The molecule has 0 aliphatic rings. The minimum absolute atomic E-state index is 0.130. The maximum atomic E-state index is 12.2. The van der Waals surface area contributed by atoms with E-state index in [0.717, 1.165) is 41.6 Å². The normalized spacial score (nSPS) is 11.3. The number of amides is 1. The third-order valence-corrected chi connectivity index (χ3v) is 5.78. The number of fused-ring (bicyclic) bond motifs is 2. The van der Waals surface area contributed by atoms with Crippen molar-refractivity contribution >= 4 is 65.5 Å². The summed E-state index contributed by atoms with van der Waals surface area (Å²) < 4.78 is 7.40. The van der Waals surface area contributed by atoms with Crippen LogP contribution in [0.2, 0.25) is 0 Å². The summed E-state index contributed by atoms with van der Waals surface area (Å²) in [7, 11) is 0. The number of hydrogen-bond acceptors (Lipinski definition) is 3. The van der Waals surface area contributed by atoms with Gasteiger partial charge in [0.15, 0.2) is 6.61 Å². The first-order valence-electron chi connectivity index (χ1n) is 9.34. The maximum Gasteiger partial charge on any atom is 0.277 e. The van der Waals surface area contributed by atoms with Crippen LogP contribution in [0.15, 0.2) is 80.8 Å². The molecule has 0 saturated carbocycles. The molecule has 1 amide bonds. The topological polar surface area (TPSA) is 50.7 Å². The summed E-state index contributed by atoms with van der Waals surface area (Å²) in [6.07, 6.45) is 1.70. The van der Waals surface area contributed by atoms with Gasteiger partial charge in [-0.15, -0.1) is 0 Å². The number of aryl methyl sites for hydroxylation is 1. The van der Waals surface area contributed by atoms with Gasteiger partial charge in [0.05, 0.1) is 10.7 Å². The lowest BCUT2D eigenvalue weighted by Gasteiger charge is -2.11. The van der Waals surface area contributed by atoms with Crippen LogP contribution in [0.1, 0.15) is 11.1 Å². The molecular weight excluding hydrogens is 508 g/mol. The second kappa shape index (κ2) is 8.98. The largest absolute Gasteiger partial charge is 0.482 e. The Morgan fingerprint density at radius 1 is 1.00 bits per heavy atom. The summed E-state index contributed by atoms with van der Waals surface area (Å²) in [5.74, 6) is 0.308. The molecule has 0 bridgehead atoms. The van der Waals surface area contributed by atoms with Gasteiger partial charge in [-0.05, 0) is 68.2 Å². The van der Waals surface area contributed by atoms with Crippen LogP contribution in [-0.2, 0) is 4.79 Å². The molecule has 6 heteroatoms. The van der Waals surface area contributed by atoms with Gasteiger partial charge in [0.2, 0.25) is 0 Å². The van der Waals surface area contributed by atoms with Crippen molar-refractivity contribution in [3.63, 3.8) is 0 Å². The van der Waals surface area contributed by atoms with E-state index in [1.165, 1.54) is 0 Å². The lowest BCUT2D eigenvalue weighted by atomic mass is 9.97. The molecule has 0 saturated heterocycles. The van der Waals surface area contributed by atoms with E-state index < -0.39 is 0 Å². The molecule has 0 aliphatic heterocycles. The Labute approximate surface area is 191 Å². The Morgan fingerprint density at radius 3 is 2.27 bits per heavy atom. The van der Waals surface area contributed by atoms with Gasteiger partial charge in [-0.3, -0.25) is 4.79 Å². The Bertz CT molecular complexity index is 1210. The fourth-order valence-corrected chi connectivity index (χ4v) is 4.95. The van der Waals surface area contributed by atoms with Crippen LogP contribution in [0.3, 0.4) is 0 Å². The van der Waals surface area contributed by atoms with Crippen molar-refractivity contribution in [1.29, 1.82) is 0 Å². The van der Waals surface area contributed by atoms with E-state index in [2.05, 4.69) is 72.7 Å². The van der Waals surface area contributed by atoms with Crippen LogP contribution >= 0.6 is 31.9 Å². The smallest absolute Gasteiger partial charge is 0.277 e. The second-order valence-electron chi connectivity index (χ2n) is 6.85. The third-order valence-electron chi connectivity index (χ3n) is 4.74. The molecule has 150 valence electrons. The molecule has 4 aromatic rings. The SMILES string of the molecule is Cc1cc(Br)cc(Br)c1OCC(=O)NN=Cc1c2ccccc2cc2ccccc12. The quantitative estimate of drug-likeness (QED) is 0.187. The summed E-state index contributed by atoms with van der Waals surface area (Å²) in [6.45, 7) is 1.79. The van der Waals surface area contributed by atoms with Gasteiger partial charge in [0, 0.05) is 10.0 Å². The van der Waals surface area contributed by atoms with Crippen LogP contribution in [0.25, 0.3) is 21.5 Å². The zero-order valence-corrected chi connectivity index (χ0v) is 19.3. The van der Waals surface area contributed by atoms with Crippen molar-refractivity contribution in [2.24, 2.45) is 5.10 Å². The molecule has 0 unspecified atom stereocenters. The van der Waals surface area contributed by atoms with E-state index in [4.69, 9.17) is 4.74 Å². The van der Waals surface area contributed by atoms with E-state index >= 15 is 0 Å². The van der Waals surface area contributed by atoms with Gasteiger partial charge in [-0.2, -0.15) is 5.10 Å². The van der Waals surface area contributed by atoms with Gasteiger partial charge >= 0.3 is 0 Å². The number of nitrogens with zero attached hydrogens (tertiary/aromatic N) is 1. The highest BCUT2D eigenvalue weighted by Gasteiger charge is 2.10. The molecular formula is C24H18Br2N2O2. The van der Waals surface area contributed by atoms with Crippen molar-refractivity contribution in [2.75, 3.05) is 6.61 Å². The molecule has 1 N–H and O–H groups in total. The first-order valence-corrected chi connectivity index (χ1v) is 10.9. The number of rotatable bonds is 5. The fraction of sp³-hybridized carbons (Fsp3) is 0.0833. The number of hydrazone groups is 1. The Morgan fingerprint density at radius 2 is 1.63 bits per heavy atom. The monoisotopic (exact) mass is 524 g/mol. The zero-order valence-electron chi connectivity index (χ0n) is 16.2. The number of benzene rings is 4. The zero-order chi connectivity index (χ0) is 21.1. The van der Waals surface area contributed by atoms with Crippen molar-refractivity contribution in [2.45, 2.75) is 6.92 Å². The van der Waals surface area contributed by atoms with Gasteiger partial charge < -0.3 is 4.74 Å².